The van der Waals surface area contributed by atoms with Crippen LogP contribution in [0.15, 0.2) is 36.4 Å². The maximum Gasteiger partial charge on any atom is 0.295 e. The number of benzene rings is 2. The van der Waals surface area contributed by atoms with Crippen LogP contribution in [0.4, 0.5) is 21.5 Å². The van der Waals surface area contributed by atoms with Crippen LogP contribution >= 0.6 is 0 Å². The molecule has 0 bridgehead atoms. The number of anilines is 1. The lowest BCUT2D eigenvalue weighted by molar-refractivity contribution is -0.384. The second-order valence-electron chi connectivity index (χ2n) is 4.54. The third-order valence-electron chi connectivity index (χ3n) is 3.10. The summed E-state index contributed by atoms with van der Waals surface area (Å²) in [5.74, 6) is -0.957. The normalized spacial score (nSPS) is 10.2. The summed E-state index contributed by atoms with van der Waals surface area (Å²) < 4.78 is 18.4. The van der Waals surface area contributed by atoms with Crippen LogP contribution in [0, 0.1) is 26.0 Å². The summed E-state index contributed by atoms with van der Waals surface area (Å²) in [7, 11) is 1.25. The minimum atomic E-state index is -0.833. The largest absolute Gasteiger partial charge is 0.494 e. The predicted octanol–water partition coefficient (Wildman–Crippen LogP) is 3.26. The lowest BCUT2D eigenvalue weighted by Crippen LogP contribution is -2.04. The van der Waals surface area contributed by atoms with Gasteiger partial charge in [-0.3, -0.25) is 20.2 Å². The van der Waals surface area contributed by atoms with Crippen LogP contribution in [-0.2, 0) is 6.54 Å². The Kier molecular flexibility index (Phi) is 4.69. The summed E-state index contributed by atoms with van der Waals surface area (Å²) >= 11 is 0. The molecular weight excluding hydrogens is 309 g/mol. The van der Waals surface area contributed by atoms with E-state index in [-0.39, 0.29) is 23.7 Å². The summed E-state index contributed by atoms with van der Waals surface area (Å²) in [6.07, 6.45) is 0. The van der Waals surface area contributed by atoms with E-state index in [1.807, 2.05) is 0 Å². The van der Waals surface area contributed by atoms with Crippen LogP contribution in [-0.4, -0.2) is 17.0 Å². The molecule has 0 aliphatic carbocycles. The van der Waals surface area contributed by atoms with Crippen molar-refractivity contribution < 1.29 is 19.0 Å². The summed E-state index contributed by atoms with van der Waals surface area (Å²) in [5, 5.41) is 24.4. The molecular formula is C14H12FN3O5. The highest BCUT2D eigenvalue weighted by molar-refractivity contribution is 5.64. The molecule has 9 heteroatoms. The lowest BCUT2D eigenvalue weighted by Gasteiger charge is -2.10. The molecule has 0 atom stereocenters. The fraction of sp³-hybridized carbons (Fsp3) is 0.143. The van der Waals surface area contributed by atoms with Crippen LogP contribution in [0.5, 0.6) is 5.75 Å². The highest BCUT2D eigenvalue weighted by Gasteiger charge is 2.19. The van der Waals surface area contributed by atoms with E-state index >= 15 is 0 Å². The van der Waals surface area contributed by atoms with E-state index in [4.69, 9.17) is 4.74 Å². The van der Waals surface area contributed by atoms with Crippen molar-refractivity contribution in [3.05, 3.63) is 68.0 Å². The van der Waals surface area contributed by atoms with Gasteiger partial charge >= 0.3 is 0 Å². The van der Waals surface area contributed by atoms with Crippen molar-refractivity contribution in [3.63, 3.8) is 0 Å². The molecule has 0 heterocycles. The second-order valence-corrected chi connectivity index (χ2v) is 4.54. The Balaban J connectivity index is 2.22. The third kappa shape index (κ3) is 3.70. The van der Waals surface area contributed by atoms with Gasteiger partial charge in [0.2, 0.25) is 0 Å². The number of ether oxygens (including phenoxy) is 1. The Morgan fingerprint density at radius 1 is 1.13 bits per heavy atom. The molecule has 0 saturated heterocycles. The standard InChI is InChI=1S/C14H12FN3O5/c1-23-14-7-12(13(18(21)22)6-11(14)15)16-8-9-2-4-10(5-3-9)17(19)20/h2-7,16H,8H2,1H3. The zero-order valence-corrected chi connectivity index (χ0v) is 12.0. The topological polar surface area (TPSA) is 108 Å². The maximum absolute atomic E-state index is 13.6. The van der Waals surface area contributed by atoms with Crippen molar-refractivity contribution in [1.29, 1.82) is 0 Å². The van der Waals surface area contributed by atoms with Crippen LogP contribution in [0.1, 0.15) is 5.56 Å². The van der Waals surface area contributed by atoms with Crippen molar-refractivity contribution >= 4 is 17.1 Å². The fourth-order valence-corrected chi connectivity index (χ4v) is 1.92. The first-order valence-corrected chi connectivity index (χ1v) is 6.41. The number of nitrogens with zero attached hydrogens (tertiary/aromatic N) is 2. The van der Waals surface area contributed by atoms with Crippen molar-refractivity contribution in [3.8, 4) is 5.75 Å². The predicted molar refractivity (Wildman–Crippen MR) is 80.0 cm³/mol. The average molecular weight is 321 g/mol. The van der Waals surface area contributed by atoms with E-state index in [1.54, 1.807) is 0 Å². The summed E-state index contributed by atoms with van der Waals surface area (Å²) in [5.41, 5.74) is 0.285. The molecule has 0 radical (unpaired) electrons. The van der Waals surface area contributed by atoms with Crippen molar-refractivity contribution in [2.24, 2.45) is 0 Å². The molecule has 0 amide bonds. The molecule has 0 aliphatic heterocycles. The van der Waals surface area contributed by atoms with Gasteiger partial charge in [0.05, 0.1) is 23.0 Å². The van der Waals surface area contributed by atoms with Crippen molar-refractivity contribution in [1.82, 2.24) is 0 Å². The van der Waals surface area contributed by atoms with Crippen molar-refractivity contribution in [2.45, 2.75) is 6.54 Å². The number of nitrogens with one attached hydrogen (secondary N) is 1. The highest BCUT2D eigenvalue weighted by Crippen LogP contribution is 2.32. The average Bonchev–Trinajstić information content (AvgIpc) is 2.53. The third-order valence-corrected chi connectivity index (χ3v) is 3.10. The molecule has 1 N–H and O–H groups in total. The van der Waals surface area contributed by atoms with Gasteiger partial charge in [0.25, 0.3) is 11.4 Å². The van der Waals surface area contributed by atoms with Gasteiger partial charge in [-0.05, 0) is 5.56 Å². The smallest absolute Gasteiger partial charge is 0.295 e. The van der Waals surface area contributed by atoms with Crippen LogP contribution in [0.3, 0.4) is 0 Å². The molecule has 2 aromatic carbocycles. The summed E-state index contributed by atoms with van der Waals surface area (Å²) in [6.45, 7) is 0.174. The molecule has 0 spiro atoms. The zero-order valence-electron chi connectivity index (χ0n) is 12.0. The van der Waals surface area contributed by atoms with Crippen LogP contribution in [0.25, 0.3) is 0 Å². The first-order valence-electron chi connectivity index (χ1n) is 6.41. The van der Waals surface area contributed by atoms with Gasteiger partial charge in [0, 0.05) is 24.7 Å². The highest BCUT2D eigenvalue weighted by atomic mass is 19.1. The van der Waals surface area contributed by atoms with Crippen LogP contribution < -0.4 is 10.1 Å². The Morgan fingerprint density at radius 2 is 1.78 bits per heavy atom. The van der Waals surface area contributed by atoms with E-state index in [0.29, 0.717) is 5.56 Å². The quantitative estimate of drug-likeness (QED) is 0.646. The van der Waals surface area contributed by atoms with E-state index in [2.05, 4.69) is 5.32 Å². The van der Waals surface area contributed by atoms with E-state index in [0.717, 1.165) is 6.07 Å². The zero-order chi connectivity index (χ0) is 17.0. The van der Waals surface area contributed by atoms with Gasteiger partial charge in [-0.1, -0.05) is 12.1 Å². The molecule has 8 nitrogen and oxygen atoms in total. The molecule has 0 aliphatic rings. The number of halogens is 1. The number of nitro groups is 2. The number of methoxy groups -OCH3 is 1. The molecule has 0 fully saturated rings. The molecule has 0 saturated carbocycles. The minimum absolute atomic E-state index is 0.0526. The Hall–Kier alpha value is -3.23. The number of nitro benzene ring substituents is 2. The van der Waals surface area contributed by atoms with Gasteiger partial charge in [0.15, 0.2) is 11.6 Å². The van der Waals surface area contributed by atoms with Gasteiger partial charge in [-0.25, -0.2) is 4.39 Å². The SMILES string of the molecule is COc1cc(NCc2ccc([N+](=O)[O-])cc2)c([N+](=O)[O-])cc1F. The Labute approximate surface area is 129 Å². The van der Waals surface area contributed by atoms with Gasteiger partial charge in [-0.2, -0.15) is 0 Å². The number of hydrogen-bond acceptors (Lipinski definition) is 6. The molecule has 2 rings (SSSR count). The molecule has 120 valence electrons. The van der Waals surface area contributed by atoms with Crippen molar-refractivity contribution in [2.75, 3.05) is 12.4 Å². The van der Waals surface area contributed by atoms with E-state index in [9.17, 15) is 24.6 Å². The first-order chi connectivity index (χ1) is 10.9. The summed E-state index contributed by atoms with van der Waals surface area (Å²) in [4.78, 5) is 20.3. The lowest BCUT2D eigenvalue weighted by atomic mass is 10.2. The molecule has 0 aromatic heterocycles. The van der Waals surface area contributed by atoms with Gasteiger partial charge in [0.1, 0.15) is 5.69 Å². The minimum Gasteiger partial charge on any atom is -0.494 e. The van der Waals surface area contributed by atoms with Crippen LogP contribution in [0.2, 0.25) is 0 Å². The molecule has 23 heavy (non-hydrogen) atoms. The molecule has 2 aromatic rings. The Morgan fingerprint density at radius 3 is 2.30 bits per heavy atom. The fourth-order valence-electron chi connectivity index (χ4n) is 1.92. The number of hydrogen-bond donors (Lipinski definition) is 1. The Bertz CT molecular complexity index is 749. The number of non-ortho nitro benzene ring substituents is 1. The maximum atomic E-state index is 13.6. The van der Waals surface area contributed by atoms with Gasteiger partial charge in [-0.15, -0.1) is 0 Å². The monoisotopic (exact) mass is 321 g/mol. The van der Waals surface area contributed by atoms with Gasteiger partial charge < -0.3 is 10.1 Å². The first kappa shape index (κ1) is 16.1. The van der Waals surface area contributed by atoms with E-state index < -0.39 is 21.4 Å². The second kappa shape index (κ2) is 6.69. The van der Waals surface area contributed by atoms with E-state index in [1.165, 1.54) is 37.4 Å². The number of rotatable bonds is 6. The summed E-state index contributed by atoms with van der Waals surface area (Å²) in [6, 6.07) is 7.68. The molecule has 0 unspecified atom stereocenters.